The van der Waals surface area contributed by atoms with Crippen LogP contribution in [0.1, 0.15) is 95.0 Å². The molecule has 1 aliphatic carbocycles. The second-order valence-electron chi connectivity index (χ2n) is 16.4. The maximum atomic E-state index is 2.53. The van der Waals surface area contributed by atoms with Gasteiger partial charge >= 0.3 is 26.2 Å². The van der Waals surface area contributed by atoms with E-state index in [0.29, 0.717) is 0 Å². The molecule has 1 atom stereocenters. The molecule has 7 aromatic rings. The summed E-state index contributed by atoms with van der Waals surface area (Å²) >= 11 is 0. The Hall–Kier alpha value is -3.39. The van der Waals surface area contributed by atoms with Crippen LogP contribution in [0, 0.1) is 0 Å². The predicted octanol–water partition coefficient (Wildman–Crippen LogP) is 6.65. The Balaban J connectivity index is 0.000000358. The standard InChI is InChI=1S/C39H41.C12H10Si.2ClH.Zr/c1-8-13-27-21-33-30(25-14-10-9-11-15-25)16-12-17-31(33)37(27)36-24-29(39(5,6)7)23-35-32-22-28(38(2,3)4)19-18-26(32)20-34(35)36;1-3-7-11(8-4-1)13-12-9-5-2-6-10-12;;;/h9-12,14-24,37H,8,13H2,1-7H3;1-10H;2*1H;/q-1;;;;+3/p-2. The van der Waals surface area contributed by atoms with Crippen molar-refractivity contribution in [1.82, 2.24) is 0 Å². The first-order valence-corrected chi connectivity index (χ1v) is 20.0. The molecular weight excluding hydrogens is 803 g/mol. The molecule has 55 heavy (non-hydrogen) atoms. The van der Waals surface area contributed by atoms with E-state index in [2.05, 4.69) is 200 Å². The number of fused-ring (bicyclic) bond motifs is 4. The molecule has 0 N–H and O–H groups in total. The van der Waals surface area contributed by atoms with Gasteiger partial charge in [-0.05, 0) is 39.5 Å². The number of rotatable bonds is 6. The monoisotopic (exact) mass is 851 g/mol. The van der Waals surface area contributed by atoms with Crippen molar-refractivity contribution in [3.05, 3.63) is 179 Å². The Morgan fingerprint density at radius 2 is 1.15 bits per heavy atom. The average Bonchev–Trinajstić information content (AvgIpc) is 3.70. The molecule has 0 aliphatic heterocycles. The molecule has 0 heterocycles. The van der Waals surface area contributed by atoms with E-state index in [1.807, 2.05) is 0 Å². The van der Waals surface area contributed by atoms with Gasteiger partial charge in [-0.15, -0.1) is 33.7 Å². The summed E-state index contributed by atoms with van der Waals surface area (Å²) < 4.78 is 0. The van der Waals surface area contributed by atoms with Crippen molar-refractivity contribution >= 4 is 47.5 Å². The molecule has 0 nitrogen and oxygen atoms in total. The Labute approximate surface area is 364 Å². The van der Waals surface area contributed by atoms with E-state index in [9.17, 15) is 0 Å². The molecule has 3 radical (unpaired) electrons. The molecule has 0 saturated heterocycles. The third kappa shape index (κ3) is 9.77. The molecule has 0 spiro atoms. The number of hydrogen-bond acceptors (Lipinski definition) is 0. The molecule has 0 bridgehead atoms. The summed E-state index contributed by atoms with van der Waals surface area (Å²) in [5.74, 6) is 0.285. The summed E-state index contributed by atoms with van der Waals surface area (Å²) in [5, 5.41) is 8.35. The Kier molecular flexibility index (Phi) is 15.1. The molecule has 8 rings (SSSR count). The minimum absolute atomic E-state index is 0. The second kappa shape index (κ2) is 18.7. The van der Waals surface area contributed by atoms with Crippen LogP contribution in [-0.4, -0.2) is 9.52 Å². The Bertz CT molecular complexity index is 2310. The number of allylic oxidation sites excluding steroid dienone is 1. The van der Waals surface area contributed by atoms with Crippen LogP contribution in [0.3, 0.4) is 0 Å². The molecular formula is C51H51Cl2SiZr. The zero-order valence-electron chi connectivity index (χ0n) is 33.2. The Morgan fingerprint density at radius 3 is 1.71 bits per heavy atom. The van der Waals surface area contributed by atoms with E-state index >= 15 is 0 Å². The smallest absolute Gasteiger partial charge is 1.00 e. The number of halogens is 2. The van der Waals surface area contributed by atoms with Gasteiger partial charge in [-0.2, -0.15) is 0 Å². The summed E-state index contributed by atoms with van der Waals surface area (Å²) in [6.07, 6.45) is 4.78. The van der Waals surface area contributed by atoms with Gasteiger partial charge in [0.25, 0.3) is 0 Å². The van der Waals surface area contributed by atoms with E-state index < -0.39 is 0 Å². The van der Waals surface area contributed by atoms with Crippen molar-refractivity contribution in [2.24, 2.45) is 0 Å². The quantitative estimate of drug-likeness (QED) is 0.130. The molecule has 277 valence electrons. The molecule has 0 aromatic heterocycles. The first-order valence-electron chi connectivity index (χ1n) is 19.0. The van der Waals surface area contributed by atoms with Gasteiger partial charge in [0.2, 0.25) is 0 Å². The van der Waals surface area contributed by atoms with Gasteiger partial charge in [0.05, 0.1) is 0 Å². The number of hydrogen-bond donors (Lipinski definition) is 0. The topological polar surface area (TPSA) is 0 Å². The van der Waals surface area contributed by atoms with E-state index in [1.54, 1.807) is 5.57 Å². The normalized spacial score (nSPS) is 13.4. The number of benzene rings is 6. The molecule has 1 aliphatic rings. The zero-order chi connectivity index (χ0) is 36.5. The third-order valence-electron chi connectivity index (χ3n) is 10.5. The van der Waals surface area contributed by atoms with Gasteiger partial charge < -0.3 is 24.8 Å². The van der Waals surface area contributed by atoms with Crippen molar-refractivity contribution in [3.63, 3.8) is 0 Å². The van der Waals surface area contributed by atoms with Crippen molar-refractivity contribution in [3.8, 4) is 11.1 Å². The first-order chi connectivity index (χ1) is 25.0. The van der Waals surface area contributed by atoms with E-state index in [4.69, 9.17) is 0 Å². The van der Waals surface area contributed by atoms with Gasteiger partial charge in [-0.3, -0.25) is 0 Å². The van der Waals surface area contributed by atoms with Crippen LogP contribution in [0.25, 0.3) is 38.7 Å². The summed E-state index contributed by atoms with van der Waals surface area (Å²) in [6.45, 7) is 16.3. The summed E-state index contributed by atoms with van der Waals surface area (Å²) in [4.78, 5) is 0. The maximum absolute atomic E-state index is 2.53. The zero-order valence-corrected chi connectivity index (χ0v) is 38.2. The van der Waals surface area contributed by atoms with Crippen molar-refractivity contribution < 1.29 is 51.0 Å². The average molecular weight is 854 g/mol. The van der Waals surface area contributed by atoms with E-state index in [1.165, 1.54) is 70.9 Å². The minimum Gasteiger partial charge on any atom is -1.00 e. The van der Waals surface area contributed by atoms with E-state index in [-0.39, 0.29) is 67.8 Å². The summed E-state index contributed by atoms with van der Waals surface area (Å²) in [6, 6.07) is 53.6. The molecule has 0 amide bonds. The van der Waals surface area contributed by atoms with Crippen LogP contribution in [0.15, 0.2) is 151 Å². The van der Waals surface area contributed by atoms with E-state index in [0.717, 1.165) is 22.4 Å². The summed E-state index contributed by atoms with van der Waals surface area (Å²) in [7, 11) is 0.777. The molecule has 0 fully saturated rings. The molecule has 1 unspecified atom stereocenters. The van der Waals surface area contributed by atoms with Crippen LogP contribution in [0.4, 0.5) is 0 Å². The first kappa shape index (κ1) is 44.3. The van der Waals surface area contributed by atoms with Gasteiger partial charge in [-0.25, -0.2) is 0 Å². The van der Waals surface area contributed by atoms with Crippen LogP contribution in [0.5, 0.6) is 0 Å². The van der Waals surface area contributed by atoms with Gasteiger partial charge in [0.1, 0.15) is 9.52 Å². The summed E-state index contributed by atoms with van der Waals surface area (Å²) in [5.41, 5.74) is 11.5. The second-order valence-corrected chi connectivity index (χ2v) is 17.8. The van der Waals surface area contributed by atoms with Crippen molar-refractivity contribution in [2.45, 2.75) is 78.1 Å². The molecule has 4 heteroatoms. The SMILES string of the molecule is CCCC1=Cc2c(-c3ccccc3)cccc2C1c1cc(C(C)(C)C)cc2c1[cH-]c1ccc(C(C)(C)C)cc12.[Cl-].[Cl-].[Zr+3].c1ccc([Si]c2ccccc2)cc1. The van der Waals surface area contributed by atoms with Gasteiger partial charge in [-0.1, -0.05) is 227 Å². The molecule has 7 aromatic carbocycles. The molecule has 0 saturated carbocycles. The Morgan fingerprint density at radius 1 is 0.582 bits per heavy atom. The van der Waals surface area contributed by atoms with Crippen molar-refractivity contribution in [1.29, 1.82) is 0 Å². The van der Waals surface area contributed by atoms with Crippen LogP contribution >= 0.6 is 0 Å². The van der Waals surface area contributed by atoms with Crippen LogP contribution in [0.2, 0.25) is 0 Å². The van der Waals surface area contributed by atoms with Crippen LogP contribution in [-0.2, 0) is 37.0 Å². The van der Waals surface area contributed by atoms with Gasteiger partial charge in [0, 0.05) is 5.92 Å². The minimum atomic E-state index is 0. The fourth-order valence-corrected chi connectivity index (χ4v) is 8.74. The fraction of sp³-hybridized carbons (Fsp3) is 0.235. The largest absolute Gasteiger partial charge is 3.00 e. The van der Waals surface area contributed by atoms with Crippen LogP contribution < -0.4 is 35.2 Å². The fourth-order valence-electron chi connectivity index (χ4n) is 7.68. The predicted molar refractivity (Wildman–Crippen MR) is 229 cm³/mol. The third-order valence-corrected chi connectivity index (χ3v) is 11.8. The van der Waals surface area contributed by atoms with Gasteiger partial charge in [0.15, 0.2) is 0 Å². The maximum Gasteiger partial charge on any atom is 3.00 e. The van der Waals surface area contributed by atoms with Crippen molar-refractivity contribution in [2.75, 3.05) is 0 Å².